The Hall–Kier alpha value is -4.15. The highest BCUT2D eigenvalue weighted by Crippen LogP contribution is 2.40. The van der Waals surface area contributed by atoms with Gasteiger partial charge >= 0.3 is 6.18 Å². The van der Waals surface area contributed by atoms with Crippen molar-refractivity contribution in [2.75, 3.05) is 0 Å². The van der Waals surface area contributed by atoms with Crippen LogP contribution in [0.2, 0.25) is 0 Å². The molecule has 1 fully saturated rings. The molecule has 0 spiro atoms. The van der Waals surface area contributed by atoms with Crippen LogP contribution in [0.4, 0.5) is 13.2 Å². The highest BCUT2D eigenvalue weighted by Gasteiger charge is 2.36. The summed E-state index contributed by atoms with van der Waals surface area (Å²) in [6.45, 7) is 0. The number of carbonyl (C=O) groups excluding carboxylic acids is 1. The molecule has 35 heavy (non-hydrogen) atoms. The molecule has 0 saturated heterocycles. The molecule has 3 aromatic heterocycles. The van der Waals surface area contributed by atoms with Gasteiger partial charge in [0.15, 0.2) is 11.5 Å². The molecule has 1 aliphatic rings. The van der Waals surface area contributed by atoms with Gasteiger partial charge in [0, 0.05) is 35.3 Å². The molecular formula is C24H19F3N6O2. The Balaban J connectivity index is 1.40. The summed E-state index contributed by atoms with van der Waals surface area (Å²) in [7, 11) is 1.77. The lowest BCUT2D eigenvalue weighted by molar-refractivity contribution is -0.137. The van der Waals surface area contributed by atoms with Crippen molar-refractivity contribution in [1.82, 2.24) is 29.8 Å². The lowest BCUT2D eigenvalue weighted by atomic mass is 10.1. The first-order valence-electron chi connectivity index (χ1n) is 11.0. The van der Waals surface area contributed by atoms with E-state index in [0.29, 0.717) is 22.7 Å². The Labute approximate surface area is 196 Å². The van der Waals surface area contributed by atoms with Gasteiger partial charge in [-0.25, -0.2) is 0 Å². The van der Waals surface area contributed by atoms with E-state index in [2.05, 4.69) is 20.6 Å². The molecule has 1 aliphatic carbocycles. The first-order valence-corrected chi connectivity index (χ1v) is 11.0. The van der Waals surface area contributed by atoms with Crippen LogP contribution in [0, 0.1) is 5.92 Å². The van der Waals surface area contributed by atoms with Crippen molar-refractivity contribution < 1.29 is 22.5 Å². The number of amides is 1. The molecule has 2 aromatic carbocycles. The zero-order valence-corrected chi connectivity index (χ0v) is 18.5. The standard InChI is InChI=1S/C24H19F3N6O2/c1-32-11-18-17-10-14(23(34)29-20(13-2-3-13)21-28-12-35-31-21)4-9-19(17)33(22(18)30-32)16-7-5-15(6-8-16)24(25,26)27/h4-13,20H,2-3H2,1H3,(H,29,34). The fraction of sp³-hybridized carbons (Fsp3) is 0.250. The number of nitrogens with zero attached hydrogens (tertiary/aromatic N) is 5. The number of rotatable bonds is 5. The van der Waals surface area contributed by atoms with E-state index >= 15 is 0 Å². The van der Waals surface area contributed by atoms with Crippen LogP contribution in [0.1, 0.15) is 40.6 Å². The number of carbonyl (C=O) groups is 1. The SMILES string of the molecule is Cn1cc2c3cc(C(=O)NC(c4ncon4)C4CC4)ccc3n(-c3ccc(C(F)(F)F)cc3)c2n1. The van der Waals surface area contributed by atoms with Gasteiger partial charge in [-0.3, -0.25) is 14.0 Å². The van der Waals surface area contributed by atoms with Crippen LogP contribution in [0.15, 0.2) is 59.6 Å². The molecule has 0 radical (unpaired) electrons. The van der Waals surface area contributed by atoms with E-state index < -0.39 is 11.7 Å². The van der Waals surface area contributed by atoms with Crippen molar-refractivity contribution >= 4 is 27.8 Å². The molecule has 178 valence electrons. The molecule has 1 atom stereocenters. The van der Waals surface area contributed by atoms with Crippen molar-refractivity contribution in [3.05, 3.63) is 72.0 Å². The zero-order valence-electron chi connectivity index (χ0n) is 18.5. The number of alkyl halides is 3. The highest BCUT2D eigenvalue weighted by atomic mass is 19.4. The molecule has 1 N–H and O–H groups in total. The molecule has 0 bridgehead atoms. The van der Waals surface area contributed by atoms with Crippen LogP contribution in [0.3, 0.4) is 0 Å². The number of aryl methyl sites for hydroxylation is 1. The molecule has 1 saturated carbocycles. The molecule has 8 nitrogen and oxygen atoms in total. The fourth-order valence-electron chi connectivity index (χ4n) is 4.46. The number of nitrogens with one attached hydrogen (secondary N) is 1. The number of hydrogen-bond acceptors (Lipinski definition) is 5. The van der Waals surface area contributed by atoms with Gasteiger partial charge in [0.05, 0.1) is 17.1 Å². The minimum absolute atomic E-state index is 0.270. The van der Waals surface area contributed by atoms with Gasteiger partial charge in [0.2, 0.25) is 6.39 Å². The topological polar surface area (TPSA) is 90.8 Å². The summed E-state index contributed by atoms with van der Waals surface area (Å²) >= 11 is 0. The van der Waals surface area contributed by atoms with E-state index in [1.807, 2.05) is 6.20 Å². The Morgan fingerprint density at radius 2 is 1.91 bits per heavy atom. The summed E-state index contributed by atoms with van der Waals surface area (Å²) < 4.78 is 47.4. The smallest absolute Gasteiger partial charge is 0.343 e. The van der Waals surface area contributed by atoms with E-state index in [0.717, 1.165) is 41.3 Å². The number of hydrogen-bond donors (Lipinski definition) is 1. The van der Waals surface area contributed by atoms with Crippen molar-refractivity contribution in [2.24, 2.45) is 13.0 Å². The lowest BCUT2D eigenvalue weighted by Gasteiger charge is -2.15. The molecular weight excluding hydrogens is 461 g/mol. The largest absolute Gasteiger partial charge is 0.416 e. The Morgan fingerprint density at radius 1 is 1.14 bits per heavy atom. The Morgan fingerprint density at radius 3 is 2.57 bits per heavy atom. The Kier molecular flexibility index (Phi) is 4.70. The number of halogens is 3. The van der Waals surface area contributed by atoms with E-state index in [1.54, 1.807) is 34.5 Å². The maximum Gasteiger partial charge on any atom is 0.416 e. The summed E-state index contributed by atoms with van der Waals surface area (Å²) in [4.78, 5) is 17.2. The predicted octanol–water partition coefficient (Wildman–Crippen LogP) is 4.80. The second kappa shape index (κ2) is 7.69. The van der Waals surface area contributed by atoms with Gasteiger partial charge < -0.3 is 9.84 Å². The second-order valence-electron chi connectivity index (χ2n) is 8.73. The average Bonchev–Trinajstić information content (AvgIpc) is 3.25. The number of benzene rings is 2. The Bertz CT molecular complexity index is 1550. The van der Waals surface area contributed by atoms with Gasteiger partial charge in [-0.05, 0) is 61.2 Å². The summed E-state index contributed by atoms with van der Waals surface area (Å²) in [6.07, 6.45) is 0.605. The van der Waals surface area contributed by atoms with E-state index in [4.69, 9.17) is 4.52 Å². The number of aromatic nitrogens is 5. The van der Waals surface area contributed by atoms with E-state index in [-0.39, 0.29) is 17.9 Å². The molecule has 1 unspecified atom stereocenters. The van der Waals surface area contributed by atoms with Crippen LogP contribution < -0.4 is 5.32 Å². The maximum atomic E-state index is 13.1. The third kappa shape index (κ3) is 3.72. The van der Waals surface area contributed by atoms with E-state index in [9.17, 15) is 18.0 Å². The normalized spacial score (nSPS) is 15.1. The molecule has 1 amide bonds. The summed E-state index contributed by atoms with van der Waals surface area (Å²) in [5.41, 5.74) is 1.58. The van der Waals surface area contributed by atoms with Crippen LogP contribution in [0.5, 0.6) is 0 Å². The lowest BCUT2D eigenvalue weighted by Crippen LogP contribution is -2.30. The minimum atomic E-state index is -4.42. The average molecular weight is 480 g/mol. The van der Waals surface area contributed by atoms with Crippen molar-refractivity contribution in [3.63, 3.8) is 0 Å². The number of fused-ring (bicyclic) bond motifs is 3. The third-order valence-corrected chi connectivity index (χ3v) is 6.30. The molecule has 3 heterocycles. The molecule has 6 rings (SSSR count). The van der Waals surface area contributed by atoms with Crippen molar-refractivity contribution in [3.8, 4) is 5.69 Å². The molecule has 5 aromatic rings. The quantitative estimate of drug-likeness (QED) is 0.390. The van der Waals surface area contributed by atoms with Crippen molar-refractivity contribution in [2.45, 2.75) is 25.1 Å². The van der Waals surface area contributed by atoms with Crippen LogP contribution in [-0.4, -0.2) is 30.4 Å². The third-order valence-electron chi connectivity index (χ3n) is 6.30. The maximum absolute atomic E-state index is 13.1. The highest BCUT2D eigenvalue weighted by molar-refractivity contribution is 6.10. The van der Waals surface area contributed by atoms with Crippen molar-refractivity contribution in [1.29, 1.82) is 0 Å². The predicted molar refractivity (Wildman–Crippen MR) is 120 cm³/mol. The molecule has 0 aliphatic heterocycles. The second-order valence-corrected chi connectivity index (χ2v) is 8.73. The summed E-state index contributed by atoms with van der Waals surface area (Å²) in [6, 6.07) is 9.86. The van der Waals surface area contributed by atoms with Gasteiger partial charge in [-0.15, -0.1) is 0 Å². The van der Waals surface area contributed by atoms with Crippen LogP contribution >= 0.6 is 0 Å². The summed E-state index contributed by atoms with van der Waals surface area (Å²) in [5, 5.41) is 13.0. The zero-order chi connectivity index (χ0) is 24.3. The summed E-state index contributed by atoms with van der Waals surface area (Å²) in [5.74, 6) is 0.448. The van der Waals surface area contributed by atoms with Gasteiger partial charge in [0.25, 0.3) is 5.91 Å². The fourth-order valence-corrected chi connectivity index (χ4v) is 4.46. The first kappa shape index (κ1) is 21.4. The minimum Gasteiger partial charge on any atom is -0.343 e. The van der Waals surface area contributed by atoms with Crippen LogP contribution in [0.25, 0.3) is 27.6 Å². The van der Waals surface area contributed by atoms with Gasteiger partial charge in [-0.1, -0.05) is 5.16 Å². The van der Waals surface area contributed by atoms with E-state index in [1.165, 1.54) is 18.5 Å². The van der Waals surface area contributed by atoms with Gasteiger partial charge in [0.1, 0.15) is 0 Å². The van der Waals surface area contributed by atoms with Crippen LogP contribution in [-0.2, 0) is 13.2 Å². The molecule has 11 heteroatoms. The monoisotopic (exact) mass is 480 g/mol. The first-order chi connectivity index (χ1) is 16.8. The van der Waals surface area contributed by atoms with Gasteiger partial charge in [-0.2, -0.15) is 23.3 Å².